The van der Waals surface area contributed by atoms with E-state index in [1.807, 2.05) is 32.2 Å². The molecule has 3 heteroatoms. The van der Waals surface area contributed by atoms with E-state index >= 15 is 0 Å². The Morgan fingerprint density at radius 2 is 2.14 bits per heavy atom. The number of hydrogen-bond acceptors (Lipinski definition) is 2. The second kappa shape index (κ2) is 7.71. The topological polar surface area (TPSA) is 27.8 Å². The largest absolute Gasteiger partial charge is 0.353 e. The molecule has 0 fully saturated rings. The van der Waals surface area contributed by atoms with Crippen molar-refractivity contribution in [2.45, 2.75) is 33.7 Å². The summed E-state index contributed by atoms with van der Waals surface area (Å²) in [5.74, 6) is 0. The van der Waals surface area contributed by atoms with Crippen LogP contribution in [-0.4, -0.2) is 11.5 Å². The SMILES string of the molecule is CC.CCNC(C)c1ccc[nH]c1=S. The monoisotopic (exact) mass is 212 g/mol. The van der Waals surface area contributed by atoms with Crippen LogP contribution in [0.25, 0.3) is 0 Å². The molecule has 0 aliphatic heterocycles. The molecule has 0 aliphatic carbocycles. The highest BCUT2D eigenvalue weighted by Gasteiger charge is 2.03. The van der Waals surface area contributed by atoms with Crippen molar-refractivity contribution in [3.8, 4) is 0 Å². The van der Waals surface area contributed by atoms with E-state index in [0.717, 1.165) is 16.7 Å². The lowest BCUT2D eigenvalue weighted by Gasteiger charge is -2.11. The maximum atomic E-state index is 5.15. The van der Waals surface area contributed by atoms with Crippen LogP contribution in [0.3, 0.4) is 0 Å². The zero-order chi connectivity index (χ0) is 11.0. The highest BCUT2D eigenvalue weighted by atomic mass is 32.1. The average molecular weight is 212 g/mol. The number of H-pyrrole nitrogens is 1. The number of aromatic amines is 1. The fourth-order valence-electron chi connectivity index (χ4n) is 1.19. The molecule has 1 aromatic heterocycles. The smallest absolute Gasteiger partial charge is 0.108 e. The third-order valence-electron chi connectivity index (χ3n) is 1.83. The number of hydrogen-bond donors (Lipinski definition) is 2. The molecule has 1 heterocycles. The summed E-state index contributed by atoms with van der Waals surface area (Å²) in [6, 6.07) is 4.35. The standard InChI is InChI=1S/C9H14N2S.C2H6/c1-3-10-7(2)8-5-4-6-11-9(8)12;1-2/h4-7,10H,3H2,1-2H3,(H,11,12);1-2H3. The van der Waals surface area contributed by atoms with E-state index in [1.54, 1.807) is 0 Å². The first kappa shape index (κ1) is 13.3. The van der Waals surface area contributed by atoms with Crippen molar-refractivity contribution < 1.29 is 0 Å². The third-order valence-corrected chi connectivity index (χ3v) is 2.18. The van der Waals surface area contributed by atoms with Crippen LogP contribution in [0, 0.1) is 4.64 Å². The van der Waals surface area contributed by atoms with E-state index in [2.05, 4.69) is 24.1 Å². The molecule has 1 rings (SSSR count). The summed E-state index contributed by atoms with van der Waals surface area (Å²) in [6.45, 7) is 9.17. The number of pyridine rings is 1. The predicted octanol–water partition coefficient (Wildman–Crippen LogP) is 3.44. The molecule has 0 amide bonds. The Balaban J connectivity index is 0.000000791. The van der Waals surface area contributed by atoms with E-state index in [-0.39, 0.29) is 0 Å². The number of aromatic nitrogens is 1. The third kappa shape index (κ3) is 4.03. The Morgan fingerprint density at radius 3 is 2.64 bits per heavy atom. The normalized spacial score (nSPS) is 11.4. The van der Waals surface area contributed by atoms with Crippen LogP contribution >= 0.6 is 12.2 Å². The molecule has 14 heavy (non-hydrogen) atoms. The van der Waals surface area contributed by atoms with Crippen LogP contribution in [-0.2, 0) is 0 Å². The van der Waals surface area contributed by atoms with Gasteiger partial charge in [-0.2, -0.15) is 0 Å². The van der Waals surface area contributed by atoms with Crippen molar-refractivity contribution in [3.05, 3.63) is 28.5 Å². The predicted molar refractivity (Wildman–Crippen MR) is 65.1 cm³/mol. The van der Waals surface area contributed by atoms with Gasteiger partial charge in [-0.25, -0.2) is 0 Å². The molecule has 0 aromatic carbocycles. The van der Waals surface area contributed by atoms with E-state index in [1.165, 1.54) is 0 Å². The fraction of sp³-hybridized carbons (Fsp3) is 0.545. The van der Waals surface area contributed by atoms with Crippen LogP contribution in [0.5, 0.6) is 0 Å². The minimum absolute atomic E-state index is 0.333. The lowest BCUT2D eigenvalue weighted by molar-refractivity contribution is 0.594. The van der Waals surface area contributed by atoms with E-state index in [4.69, 9.17) is 12.2 Å². The highest BCUT2D eigenvalue weighted by Crippen LogP contribution is 2.11. The summed E-state index contributed by atoms with van der Waals surface area (Å²) in [5.41, 5.74) is 1.16. The minimum Gasteiger partial charge on any atom is -0.353 e. The van der Waals surface area contributed by atoms with Crippen molar-refractivity contribution in [1.82, 2.24) is 10.3 Å². The van der Waals surface area contributed by atoms with Gasteiger partial charge in [-0.15, -0.1) is 0 Å². The van der Waals surface area contributed by atoms with Gasteiger partial charge in [0.15, 0.2) is 0 Å². The summed E-state index contributed by atoms with van der Waals surface area (Å²) in [5, 5.41) is 3.32. The Hall–Kier alpha value is -0.670. The molecule has 2 nitrogen and oxygen atoms in total. The quantitative estimate of drug-likeness (QED) is 0.751. The second-order valence-electron chi connectivity index (χ2n) is 2.73. The molecule has 1 aromatic rings. The van der Waals surface area contributed by atoms with Crippen LogP contribution < -0.4 is 5.32 Å². The van der Waals surface area contributed by atoms with Gasteiger partial charge in [0.25, 0.3) is 0 Å². The number of rotatable bonds is 3. The first-order chi connectivity index (χ1) is 6.75. The van der Waals surface area contributed by atoms with E-state index in [9.17, 15) is 0 Å². The van der Waals surface area contributed by atoms with Crippen molar-refractivity contribution in [1.29, 1.82) is 0 Å². The van der Waals surface area contributed by atoms with Crippen molar-refractivity contribution in [2.24, 2.45) is 0 Å². The summed E-state index contributed by atoms with van der Waals surface area (Å²) >= 11 is 5.15. The Labute approximate surface area is 91.8 Å². The van der Waals surface area contributed by atoms with Gasteiger partial charge in [-0.3, -0.25) is 0 Å². The van der Waals surface area contributed by atoms with Crippen LogP contribution in [0.4, 0.5) is 0 Å². The van der Waals surface area contributed by atoms with Crippen molar-refractivity contribution >= 4 is 12.2 Å². The number of nitrogens with one attached hydrogen (secondary N) is 2. The maximum Gasteiger partial charge on any atom is 0.108 e. The molecule has 1 atom stereocenters. The van der Waals surface area contributed by atoms with Gasteiger partial charge in [0.1, 0.15) is 4.64 Å². The van der Waals surface area contributed by atoms with Gasteiger partial charge >= 0.3 is 0 Å². The van der Waals surface area contributed by atoms with Crippen LogP contribution in [0.15, 0.2) is 18.3 Å². The Bertz CT molecular complexity index is 293. The summed E-state index contributed by atoms with van der Waals surface area (Å²) in [6.07, 6.45) is 1.85. The summed E-state index contributed by atoms with van der Waals surface area (Å²) in [4.78, 5) is 3.01. The first-order valence-corrected chi connectivity index (χ1v) is 5.57. The van der Waals surface area contributed by atoms with Gasteiger partial charge in [0.2, 0.25) is 0 Å². The fourth-order valence-corrected chi connectivity index (χ4v) is 1.50. The van der Waals surface area contributed by atoms with E-state index in [0.29, 0.717) is 6.04 Å². The van der Waals surface area contributed by atoms with Crippen LogP contribution in [0.1, 0.15) is 39.3 Å². The zero-order valence-corrected chi connectivity index (χ0v) is 10.2. The zero-order valence-electron chi connectivity index (χ0n) is 9.42. The minimum atomic E-state index is 0.333. The Kier molecular flexibility index (Phi) is 7.34. The molecule has 0 saturated heterocycles. The second-order valence-corrected chi connectivity index (χ2v) is 3.14. The van der Waals surface area contributed by atoms with Gasteiger partial charge in [0, 0.05) is 17.8 Å². The van der Waals surface area contributed by atoms with Gasteiger partial charge in [-0.05, 0) is 19.5 Å². The van der Waals surface area contributed by atoms with Crippen molar-refractivity contribution in [2.75, 3.05) is 6.54 Å². The highest BCUT2D eigenvalue weighted by molar-refractivity contribution is 7.71. The molecule has 0 spiro atoms. The molecule has 80 valence electrons. The molecule has 0 radical (unpaired) electrons. The molecular formula is C11H20N2S. The Morgan fingerprint density at radius 1 is 1.50 bits per heavy atom. The molecule has 2 N–H and O–H groups in total. The summed E-state index contributed by atoms with van der Waals surface area (Å²) < 4.78 is 0.825. The lowest BCUT2D eigenvalue weighted by atomic mass is 10.1. The summed E-state index contributed by atoms with van der Waals surface area (Å²) in [7, 11) is 0. The van der Waals surface area contributed by atoms with Crippen LogP contribution in [0.2, 0.25) is 0 Å². The molecular weight excluding hydrogens is 192 g/mol. The first-order valence-electron chi connectivity index (χ1n) is 5.16. The lowest BCUT2D eigenvalue weighted by Crippen LogP contribution is -2.18. The van der Waals surface area contributed by atoms with E-state index < -0.39 is 0 Å². The van der Waals surface area contributed by atoms with Crippen molar-refractivity contribution in [3.63, 3.8) is 0 Å². The molecule has 0 saturated carbocycles. The molecule has 0 bridgehead atoms. The maximum absolute atomic E-state index is 5.15. The average Bonchev–Trinajstić information content (AvgIpc) is 2.22. The van der Waals surface area contributed by atoms with Gasteiger partial charge in [0.05, 0.1) is 0 Å². The van der Waals surface area contributed by atoms with Gasteiger partial charge in [-0.1, -0.05) is 39.1 Å². The molecule has 0 aliphatic rings. The molecule has 1 unspecified atom stereocenters. The van der Waals surface area contributed by atoms with Gasteiger partial charge < -0.3 is 10.3 Å².